The van der Waals surface area contributed by atoms with E-state index in [1.807, 2.05) is 18.2 Å². The third-order valence-electron chi connectivity index (χ3n) is 3.96. The van der Waals surface area contributed by atoms with Gasteiger partial charge in [0.15, 0.2) is 0 Å². The molecule has 0 aromatic heterocycles. The van der Waals surface area contributed by atoms with Crippen molar-refractivity contribution in [1.82, 2.24) is 10.2 Å². The van der Waals surface area contributed by atoms with Crippen LogP contribution in [0.4, 0.5) is 0 Å². The summed E-state index contributed by atoms with van der Waals surface area (Å²) < 4.78 is 0. The number of benzene rings is 1. The van der Waals surface area contributed by atoms with Gasteiger partial charge in [0, 0.05) is 47.3 Å². The lowest BCUT2D eigenvalue weighted by molar-refractivity contribution is 0.116. The van der Waals surface area contributed by atoms with Crippen molar-refractivity contribution >= 4 is 23.2 Å². The van der Waals surface area contributed by atoms with Crippen LogP contribution in [-0.4, -0.2) is 30.1 Å². The van der Waals surface area contributed by atoms with Crippen LogP contribution in [0.3, 0.4) is 0 Å². The Labute approximate surface area is 126 Å². The minimum atomic E-state index is 0.502. The molecule has 19 heavy (non-hydrogen) atoms. The van der Waals surface area contributed by atoms with Crippen molar-refractivity contribution in [1.29, 1.82) is 0 Å². The first-order chi connectivity index (χ1) is 8.99. The van der Waals surface area contributed by atoms with E-state index in [1.165, 1.54) is 0 Å². The molecular formula is C15H22Cl2N2. The van der Waals surface area contributed by atoms with E-state index in [9.17, 15) is 0 Å². The lowest BCUT2D eigenvalue weighted by Gasteiger charge is -2.40. The molecule has 1 aliphatic heterocycles. The summed E-state index contributed by atoms with van der Waals surface area (Å²) >= 11 is 12.5. The zero-order chi connectivity index (χ0) is 14.0. The average molecular weight is 301 g/mol. The van der Waals surface area contributed by atoms with Crippen molar-refractivity contribution in [3.05, 3.63) is 33.8 Å². The third-order valence-corrected chi connectivity index (χ3v) is 4.67. The van der Waals surface area contributed by atoms with Crippen molar-refractivity contribution in [2.24, 2.45) is 5.92 Å². The summed E-state index contributed by atoms with van der Waals surface area (Å²) in [6.45, 7) is 9.65. The van der Waals surface area contributed by atoms with E-state index in [-0.39, 0.29) is 0 Å². The van der Waals surface area contributed by atoms with Gasteiger partial charge < -0.3 is 5.32 Å². The monoisotopic (exact) mass is 300 g/mol. The Bertz CT molecular complexity index is 414. The van der Waals surface area contributed by atoms with Crippen molar-refractivity contribution in [3.63, 3.8) is 0 Å². The average Bonchev–Trinajstić information content (AvgIpc) is 2.35. The summed E-state index contributed by atoms with van der Waals surface area (Å²) in [6, 6.07) is 6.76. The fourth-order valence-corrected chi connectivity index (χ4v) is 3.02. The molecule has 1 saturated heterocycles. The lowest BCUT2D eigenvalue weighted by Crippen LogP contribution is -2.56. The quantitative estimate of drug-likeness (QED) is 0.913. The van der Waals surface area contributed by atoms with E-state index in [4.69, 9.17) is 23.2 Å². The maximum Gasteiger partial charge on any atom is 0.0465 e. The van der Waals surface area contributed by atoms with Gasteiger partial charge in [0.05, 0.1) is 0 Å². The van der Waals surface area contributed by atoms with Gasteiger partial charge in [0.25, 0.3) is 0 Å². The Kier molecular flexibility index (Phi) is 5.13. The fourth-order valence-electron chi connectivity index (χ4n) is 2.50. The van der Waals surface area contributed by atoms with Crippen LogP contribution in [0.25, 0.3) is 0 Å². The number of hydrogen-bond acceptors (Lipinski definition) is 2. The Balaban J connectivity index is 2.12. The molecule has 2 atom stereocenters. The van der Waals surface area contributed by atoms with Crippen LogP contribution in [0, 0.1) is 5.92 Å². The van der Waals surface area contributed by atoms with E-state index in [2.05, 4.69) is 31.0 Å². The van der Waals surface area contributed by atoms with Crippen molar-refractivity contribution in [3.8, 4) is 0 Å². The molecule has 2 nitrogen and oxygen atoms in total. The molecule has 1 aliphatic rings. The second kappa shape index (κ2) is 6.45. The first kappa shape index (κ1) is 15.1. The normalized spacial score (nSPS) is 24.9. The summed E-state index contributed by atoms with van der Waals surface area (Å²) in [5.74, 6) is 0.636. The second-order valence-corrected chi connectivity index (χ2v) is 6.55. The number of nitrogens with one attached hydrogen (secondary N) is 1. The van der Waals surface area contributed by atoms with Gasteiger partial charge in [-0.25, -0.2) is 0 Å². The van der Waals surface area contributed by atoms with Crippen LogP contribution in [0.2, 0.25) is 10.0 Å². The molecule has 0 spiro atoms. The molecule has 0 radical (unpaired) electrons. The predicted molar refractivity (Wildman–Crippen MR) is 83.0 cm³/mol. The SMILES string of the molecule is CC(C)C1CN(Cc2c(Cl)cccc2Cl)C(C)CN1. The van der Waals surface area contributed by atoms with Gasteiger partial charge in [-0.3, -0.25) is 4.90 Å². The number of piperazine rings is 1. The van der Waals surface area contributed by atoms with Gasteiger partial charge in [-0.15, -0.1) is 0 Å². The number of nitrogens with zero attached hydrogens (tertiary/aromatic N) is 1. The number of rotatable bonds is 3. The minimum Gasteiger partial charge on any atom is -0.311 e. The van der Waals surface area contributed by atoms with Gasteiger partial charge in [-0.2, -0.15) is 0 Å². The molecular weight excluding hydrogens is 279 g/mol. The maximum absolute atomic E-state index is 6.27. The van der Waals surface area contributed by atoms with Gasteiger partial charge in [0.1, 0.15) is 0 Å². The Morgan fingerprint density at radius 3 is 2.53 bits per heavy atom. The van der Waals surface area contributed by atoms with Gasteiger partial charge in [-0.05, 0) is 25.0 Å². The highest BCUT2D eigenvalue weighted by molar-refractivity contribution is 6.35. The number of hydrogen-bond donors (Lipinski definition) is 1. The standard InChI is InChI=1S/C15H22Cl2N2/c1-10(2)15-9-19(11(3)7-18-15)8-12-13(16)5-4-6-14(12)17/h4-6,10-11,15,18H,7-9H2,1-3H3. The molecule has 1 heterocycles. The maximum atomic E-state index is 6.27. The summed E-state index contributed by atoms with van der Waals surface area (Å²) in [5.41, 5.74) is 1.04. The van der Waals surface area contributed by atoms with Crippen molar-refractivity contribution < 1.29 is 0 Å². The summed E-state index contributed by atoms with van der Waals surface area (Å²) in [4.78, 5) is 2.47. The zero-order valence-corrected chi connectivity index (χ0v) is 13.3. The highest BCUT2D eigenvalue weighted by Crippen LogP contribution is 2.27. The molecule has 4 heteroatoms. The molecule has 1 aromatic carbocycles. The topological polar surface area (TPSA) is 15.3 Å². The highest BCUT2D eigenvalue weighted by Gasteiger charge is 2.27. The third kappa shape index (κ3) is 3.63. The van der Waals surface area contributed by atoms with Crippen molar-refractivity contribution in [2.75, 3.05) is 13.1 Å². The highest BCUT2D eigenvalue weighted by atomic mass is 35.5. The predicted octanol–water partition coefficient (Wildman–Crippen LogP) is 3.81. The molecule has 0 bridgehead atoms. The lowest BCUT2D eigenvalue weighted by atomic mass is 9.99. The smallest absolute Gasteiger partial charge is 0.0465 e. The fraction of sp³-hybridized carbons (Fsp3) is 0.600. The first-order valence-electron chi connectivity index (χ1n) is 6.89. The Morgan fingerprint density at radius 2 is 1.95 bits per heavy atom. The Hall–Kier alpha value is -0.280. The van der Waals surface area contributed by atoms with Crippen LogP contribution in [0.15, 0.2) is 18.2 Å². The van der Waals surface area contributed by atoms with Crippen LogP contribution in [0.5, 0.6) is 0 Å². The number of halogens is 2. The molecule has 0 saturated carbocycles. The molecule has 106 valence electrons. The molecule has 1 fully saturated rings. The first-order valence-corrected chi connectivity index (χ1v) is 7.65. The van der Waals surface area contributed by atoms with Crippen molar-refractivity contribution in [2.45, 2.75) is 39.4 Å². The van der Waals surface area contributed by atoms with Crippen LogP contribution in [0.1, 0.15) is 26.3 Å². The Morgan fingerprint density at radius 1 is 1.32 bits per heavy atom. The van der Waals surface area contributed by atoms with Gasteiger partial charge >= 0.3 is 0 Å². The molecule has 0 aliphatic carbocycles. The second-order valence-electron chi connectivity index (χ2n) is 5.74. The molecule has 1 N–H and O–H groups in total. The minimum absolute atomic E-state index is 0.502. The summed E-state index contributed by atoms with van der Waals surface area (Å²) in [7, 11) is 0. The molecule has 0 amide bonds. The zero-order valence-electron chi connectivity index (χ0n) is 11.8. The van der Waals surface area contributed by atoms with Crippen LogP contribution >= 0.6 is 23.2 Å². The van der Waals surface area contributed by atoms with Gasteiger partial charge in [0.2, 0.25) is 0 Å². The van der Waals surface area contributed by atoms with E-state index < -0.39 is 0 Å². The van der Waals surface area contributed by atoms with E-state index in [0.717, 1.165) is 35.2 Å². The summed E-state index contributed by atoms with van der Waals surface area (Å²) in [5, 5.41) is 5.13. The van der Waals surface area contributed by atoms with Crippen LogP contribution in [-0.2, 0) is 6.54 Å². The summed E-state index contributed by atoms with van der Waals surface area (Å²) in [6.07, 6.45) is 0. The van der Waals surface area contributed by atoms with Crippen LogP contribution < -0.4 is 5.32 Å². The van der Waals surface area contributed by atoms with E-state index in [0.29, 0.717) is 18.0 Å². The van der Waals surface area contributed by atoms with E-state index >= 15 is 0 Å². The molecule has 2 unspecified atom stereocenters. The largest absolute Gasteiger partial charge is 0.311 e. The van der Waals surface area contributed by atoms with Gasteiger partial charge in [-0.1, -0.05) is 43.1 Å². The van der Waals surface area contributed by atoms with E-state index in [1.54, 1.807) is 0 Å². The molecule has 1 aromatic rings. The molecule has 2 rings (SSSR count).